The summed E-state index contributed by atoms with van der Waals surface area (Å²) in [7, 11) is 1.75. The first-order valence-corrected chi connectivity index (χ1v) is 5.99. The van der Waals surface area contributed by atoms with Gasteiger partial charge in [0.25, 0.3) is 0 Å². The van der Waals surface area contributed by atoms with Crippen LogP contribution in [0.15, 0.2) is 10.5 Å². The van der Waals surface area contributed by atoms with Gasteiger partial charge in [-0.3, -0.25) is 0 Å². The van der Waals surface area contributed by atoms with E-state index in [1.54, 1.807) is 7.11 Å². The van der Waals surface area contributed by atoms with Crippen LogP contribution in [0.3, 0.4) is 0 Å². The molecule has 0 amide bonds. The van der Waals surface area contributed by atoms with Crippen LogP contribution in [0, 0.1) is 13.8 Å². The highest BCUT2D eigenvalue weighted by Crippen LogP contribution is 2.12. The van der Waals surface area contributed by atoms with Crippen molar-refractivity contribution in [1.29, 1.82) is 0 Å². The lowest BCUT2D eigenvalue weighted by Crippen LogP contribution is -2.14. The normalized spacial score (nSPS) is 10.9. The molecule has 1 N–H and O–H groups in total. The zero-order valence-corrected chi connectivity index (χ0v) is 10.6. The summed E-state index contributed by atoms with van der Waals surface area (Å²) in [6, 6.07) is 2.10. The standard InChI is InChI=1S/C13H23NO2/c1-11-9-13(12(2)16-11)10-14-7-5-4-6-8-15-3/h9,14H,4-8,10H2,1-3H3. The molecule has 3 heteroatoms. The number of methoxy groups -OCH3 is 1. The van der Waals surface area contributed by atoms with Crippen LogP contribution in [-0.2, 0) is 11.3 Å². The molecule has 0 bridgehead atoms. The van der Waals surface area contributed by atoms with Gasteiger partial charge in [0.05, 0.1) is 0 Å². The first kappa shape index (κ1) is 13.3. The smallest absolute Gasteiger partial charge is 0.105 e. The van der Waals surface area contributed by atoms with Crippen molar-refractivity contribution in [3.05, 3.63) is 23.2 Å². The maximum absolute atomic E-state index is 5.47. The van der Waals surface area contributed by atoms with Crippen LogP contribution in [0.1, 0.15) is 36.3 Å². The number of hydrogen-bond donors (Lipinski definition) is 1. The zero-order valence-electron chi connectivity index (χ0n) is 10.6. The van der Waals surface area contributed by atoms with Crippen molar-refractivity contribution in [2.75, 3.05) is 20.3 Å². The Bertz CT molecular complexity index is 294. The van der Waals surface area contributed by atoms with Crippen molar-refractivity contribution in [1.82, 2.24) is 5.32 Å². The lowest BCUT2D eigenvalue weighted by molar-refractivity contribution is 0.192. The minimum absolute atomic E-state index is 0.875. The van der Waals surface area contributed by atoms with Crippen molar-refractivity contribution in [3.63, 3.8) is 0 Å². The summed E-state index contributed by atoms with van der Waals surface area (Å²) in [5.74, 6) is 2.03. The Morgan fingerprint density at radius 1 is 1.25 bits per heavy atom. The molecule has 1 rings (SSSR count). The molecule has 0 aliphatic heterocycles. The van der Waals surface area contributed by atoms with Gasteiger partial charge in [0.2, 0.25) is 0 Å². The summed E-state index contributed by atoms with van der Waals surface area (Å²) in [6.45, 7) is 6.85. The Balaban J connectivity index is 2.05. The highest BCUT2D eigenvalue weighted by Gasteiger charge is 2.02. The maximum Gasteiger partial charge on any atom is 0.105 e. The number of hydrogen-bond acceptors (Lipinski definition) is 3. The van der Waals surface area contributed by atoms with Crippen molar-refractivity contribution >= 4 is 0 Å². The van der Waals surface area contributed by atoms with Crippen molar-refractivity contribution < 1.29 is 9.15 Å². The van der Waals surface area contributed by atoms with Gasteiger partial charge in [-0.15, -0.1) is 0 Å². The number of nitrogens with one attached hydrogen (secondary N) is 1. The van der Waals surface area contributed by atoms with E-state index in [9.17, 15) is 0 Å². The van der Waals surface area contributed by atoms with Crippen LogP contribution in [0.5, 0.6) is 0 Å². The number of unbranched alkanes of at least 4 members (excludes halogenated alkanes) is 2. The number of rotatable bonds is 8. The van der Waals surface area contributed by atoms with Crippen molar-refractivity contribution in [2.24, 2.45) is 0 Å². The first-order chi connectivity index (χ1) is 7.74. The highest BCUT2D eigenvalue weighted by molar-refractivity contribution is 5.19. The third-order valence-electron chi connectivity index (χ3n) is 2.66. The fourth-order valence-corrected chi connectivity index (χ4v) is 1.76. The van der Waals surface area contributed by atoms with E-state index in [1.807, 2.05) is 13.8 Å². The quantitative estimate of drug-likeness (QED) is 0.691. The average Bonchev–Trinajstić information content (AvgIpc) is 2.56. The van der Waals surface area contributed by atoms with Crippen LogP contribution in [-0.4, -0.2) is 20.3 Å². The van der Waals surface area contributed by atoms with Crippen molar-refractivity contribution in [2.45, 2.75) is 39.7 Å². The fourth-order valence-electron chi connectivity index (χ4n) is 1.76. The van der Waals surface area contributed by atoms with E-state index < -0.39 is 0 Å². The van der Waals surface area contributed by atoms with E-state index in [0.717, 1.165) is 37.6 Å². The molecule has 1 aromatic heterocycles. The molecule has 0 fully saturated rings. The van der Waals surface area contributed by atoms with E-state index in [2.05, 4.69) is 11.4 Å². The Kier molecular flexibility index (Phi) is 6.19. The molecule has 92 valence electrons. The predicted octanol–water partition coefficient (Wildman–Crippen LogP) is 2.80. The zero-order chi connectivity index (χ0) is 11.8. The largest absolute Gasteiger partial charge is 0.466 e. The van der Waals surface area contributed by atoms with Gasteiger partial charge in [-0.1, -0.05) is 0 Å². The van der Waals surface area contributed by atoms with Gasteiger partial charge in [0.15, 0.2) is 0 Å². The summed E-state index contributed by atoms with van der Waals surface area (Å²) in [6.07, 6.45) is 3.59. The second-order valence-electron chi connectivity index (χ2n) is 4.17. The average molecular weight is 225 g/mol. The van der Waals surface area contributed by atoms with Gasteiger partial charge in [0.1, 0.15) is 11.5 Å². The van der Waals surface area contributed by atoms with E-state index in [4.69, 9.17) is 9.15 Å². The number of aryl methyl sites for hydroxylation is 2. The van der Waals surface area contributed by atoms with E-state index >= 15 is 0 Å². The van der Waals surface area contributed by atoms with Crippen LogP contribution in [0.2, 0.25) is 0 Å². The van der Waals surface area contributed by atoms with Crippen LogP contribution in [0.25, 0.3) is 0 Å². The molecule has 0 unspecified atom stereocenters. The molecule has 0 aromatic carbocycles. The van der Waals surface area contributed by atoms with Gasteiger partial charge < -0.3 is 14.5 Å². The first-order valence-electron chi connectivity index (χ1n) is 5.99. The summed E-state index contributed by atoms with van der Waals surface area (Å²) in [4.78, 5) is 0. The SMILES string of the molecule is COCCCCCNCc1cc(C)oc1C. The second kappa shape index (κ2) is 7.47. The molecule has 0 radical (unpaired) electrons. The molecule has 0 spiro atoms. The Labute approximate surface area is 98.2 Å². The molecule has 0 aliphatic carbocycles. The fraction of sp³-hybridized carbons (Fsp3) is 0.692. The van der Waals surface area contributed by atoms with Gasteiger partial charge in [-0.2, -0.15) is 0 Å². The summed E-state index contributed by atoms with van der Waals surface area (Å²) >= 11 is 0. The molecular formula is C13H23NO2. The molecular weight excluding hydrogens is 202 g/mol. The van der Waals surface area contributed by atoms with Gasteiger partial charge in [0, 0.05) is 25.8 Å². The lowest BCUT2D eigenvalue weighted by atomic mass is 10.2. The molecule has 0 aliphatic rings. The van der Waals surface area contributed by atoms with E-state index in [1.165, 1.54) is 18.4 Å². The molecule has 3 nitrogen and oxygen atoms in total. The lowest BCUT2D eigenvalue weighted by Gasteiger charge is -2.03. The van der Waals surface area contributed by atoms with Crippen LogP contribution in [0.4, 0.5) is 0 Å². The Morgan fingerprint density at radius 2 is 2.06 bits per heavy atom. The highest BCUT2D eigenvalue weighted by atomic mass is 16.5. The van der Waals surface area contributed by atoms with Gasteiger partial charge in [-0.05, 0) is 45.7 Å². The third kappa shape index (κ3) is 4.81. The van der Waals surface area contributed by atoms with Crippen LogP contribution < -0.4 is 5.32 Å². The minimum Gasteiger partial charge on any atom is -0.466 e. The van der Waals surface area contributed by atoms with Gasteiger partial charge in [-0.25, -0.2) is 0 Å². The third-order valence-corrected chi connectivity index (χ3v) is 2.66. The maximum atomic E-state index is 5.47. The number of ether oxygens (including phenoxy) is 1. The van der Waals surface area contributed by atoms with E-state index in [0.29, 0.717) is 0 Å². The molecule has 1 heterocycles. The monoisotopic (exact) mass is 225 g/mol. The molecule has 0 saturated carbocycles. The summed E-state index contributed by atoms with van der Waals surface area (Å²) in [5, 5.41) is 3.43. The minimum atomic E-state index is 0.875. The topological polar surface area (TPSA) is 34.4 Å². The summed E-state index contributed by atoms with van der Waals surface area (Å²) in [5.41, 5.74) is 1.27. The van der Waals surface area contributed by atoms with E-state index in [-0.39, 0.29) is 0 Å². The predicted molar refractivity (Wildman–Crippen MR) is 65.6 cm³/mol. The molecule has 1 aromatic rings. The molecule has 0 atom stereocenters. The molecule has 16 heavy (non-hydrogen) atoms. The summed E-state index contributed by atoms with van der Waals surface area (Å²) < 4.78 is 10.5. The Hall–Kier alpha value is -0.800. The Morgan fingerprint density at radius 3 is 2.69 bits per heavy atom. The second-order valence-corrected chi connectivity index (χ2v) is 4.17. The van der Waals surface area contributed by atoms with Gasteiger partial charge >= 0.3 is 0 Å². The molecule has 0 saturated heterocycles. The number of furan rings is 1. The van der Waals surface area contributed by atoms with Crippen LogP contribution >= 0.6 is 0 Å². The van der Waals surface area contributed by atoms with Crippen molar-refractivity contribution in [3.8, 4) is 0 Å².